The van der Waals surface area contributed by atoms with Crippen molar-refractivity contribution in [2.24, 2.45) is 5.92 Å². The fourth-order valence-corrected chi connectivity index (χ4v) is 5.60. The second-order valence-electron chi connectivity index (χ2n) is 7.53. The summed E-state index contributed by atoms with van der Waals surface area (Å²) in [6.45, 7) is 2.49. The first-order valence-corrected chi connectivity index (χ1v) is 12.6. The third-order valence-electron chi connectivity index (χ3n) is 5.63. The predicted molar refractivity (Wildman–Crippen MR) is 116 cm³/mol. The van der Waals surface area contributed by atoms with Crippen LogP contribution in [0.2, 0.25) is 5.02 Å². The van der Waals surface area contributed by atoms with Crippen LogP contribution in [0.5, 0.6) is 0 Å². The summed E-state index contributed by atoms with van der Waals surface area (Å²) in [5.74, 6) is -0.0309. The maximum atomic E-state index is 12.5. The molecule has 2 fully saturated rings. The van der Waals surface area contributed by atoms with Crippen LogP contribution in [0.3, 0.4) is 0 Å². The second-order valence-corrected chi connectivity index (χ2v) is 10.8. The Labute approximate surface area is 179 Å². The smallest absolute Gasteiger partial charge is 0.229 e. The number of amides is 1. The quantitative estimate of drug-likeness (QED) is 0.751. The number of aromatic nitrogens is 1. The van der Waals surface area contributed by atoms with E-state index >= 15 is 0 Å². The number of thiazole rings is 1. The van der Waals surface area contributed by atoms with Gasteiger partial charge in [-0.3, -0.25) is 9.69 Å². The first kappa shape index (κ1) is 20.7. The summed E-state index contributed by atoms with van der Waals surface area (Å²) in [7, 11) is -3.11. The minimum absolute atomic E-state index is 0.00363. The number of piperazine rings is 1. The van der Waals surface area contributed by atoms with Crippen molar-refractivity contribution in [2.45, 2.75) is 18.9 Å². The van der Waals surface area contributed by atoms with Gasteiger partial charge >= 0.3 is 0 Å². The third kappa shape index (κ3) is 4.64. The number of hydrogen-bond acceptors (Lipinski definition) is 6. The Hall–Kier alpha value is -1.52. The van der Waals surface area contributed by atoms with Gasteiger partial charge in [-0.05, 0) is 18.9 Å². The van der Waals surface area contributed by atoms with Gasteiger partial charge in [0.2, 0.25) is 15.9 Å². The molecule has 1 aromatic heterocycles. The first-order valence-electron chi connectivity index (χ1n) is 9.52. The van der Waals surface area contributed by atoms with Crippen molar-refractivity contribution in [3.05, 3.63) is 34.7 Å². The normalized spacial score (nSPS) is 23.5. The largest absolute Gasteiger partial charge is 0.302 e. The summed E-state index contributed by atoms with van der Waals surface area (Å²) < 4.78 is 24.7. The van der Waals surface area contributed by atoms with Gasteiger partial charge in [-0.2, -0.15) is 4.31 Å². The Balaban J connectivity index is 1.27. The lowest BCUT2D eigenvalue weighted by Crippen LogP contribution is -2.56. The summed E-state index contributed by atoms with van der Waals surface area (Å²) in [4.78, 5) is 19.3. The van der Waals surface area contributed by atoms with Crippen LogP contribution < -0.4 is 5.32 Å². The van der Waals surface area contributed by atoms with Crippen LogP contribution >= 0.6 is 22.9 Å². The SMILES string of the molecule is CS(=O)(=O)N1CCN([C@H]2C[C@@H](C(=O)Nc3nc(-c4ccccc4Cl)cs3)C2)CC1. The number of nitrogens with one attached hydrogen (secondary N) is 1. The Bertz CT molecular complexity index is 996. The summed E-state index contributed by atoms with van der Waals surface area (Å²) in [5.41, 5.74) is 1.61. The zero-order chi connectivity index (χ0) is 20.6. The van der Waals surface area contributed by atoms with Gasteiger partial charge < -0.3 is 5.32 Å². The van der Waals surface area contributed by atoms with Gasteiger partial charge in [0, 0.05) is 54.1 Å². The molecule has 1 saturated heterocycles. The Morgan fingerprint density at radius 3 is 2.55 bits per heavy atom. The van der Waals surface area contributed by atoms with Crippen LogP contribution in [-0.2, 0) is 14.8 Å². The van der Waals surface area contributed by atoms with Crippen LogP contribution in [0, 0.1) is 5.92 Å². The Kier molecular flexibility index (Phi) is 5.94. The number of rotatable bonds is 5. The molecule has 1 amide bonds. The van der Waals surface area contributed by atoms with Crippen LogP contribution in [0.4, 0.5) is 5.13 Å². The highest BCUT2D eigenvalue weighted by molar-refractivity contribution is 7.88. The molecule has 0 radical (unpaired) electrons. The lowest BCUT2D eigenvalue weighted by atomic mass is 9.78. The molecule has 29 heavy (non-hydrogen) atoms. The summed E-state index contributed by atoms with van der Waals surface area (Å²) in [5, 5.41) is 6.03. The van der Waals surface area contributed by atoms with E-state index in [2.05, 4.69) is 15.2 Å². The van der Waals surface area contributed by atoms with E-state index in [0.29, 0.717) is 29.3 Å². The number of halogens is 1. The minimum atomic E-state index is -3.11. The average molecular weight is 455 g/mol. The summed E-state index contributed by atoms with van der Waals surface area (Å²) in [6, 6.07) is 7.85. The maximum Gasteiger partial charge on any atom is 0.229 e. The molecule has 156 valence electrons. The Morgan fingerprint density at radius 2 is 1.90 bits per heavy atom. The number of hydrogen-bond donors (Lipinski definition) is 1. The molecule has 2 aliphatic rings. The van der Waals surface area contributed by atoms with E-state index in [0.717, 1.165) is 37.2 Å². The molecule has 0 unspecified atom stereocenters. The van der Waals surface area contributed by atoms with Gasteiger partial charge in [0.05, 0.1) is 11.9 Å². The van der Waals surface area contributed by atoms with E-state index in [1.807, 2.05) is 29.6 Å². The third-order valence-corrected chi connectivity index (χ3v) is 8.02. The molecule has 10 heteroatoms. The van der Waals surface area contributed by atoms with Gasteiger partial charge in [-0.1, -0.05) is 29.8 Å². The molecule has 4 rings (SSSR count). The highest BCUT2D eigenvalue weighted by Gasteiger charge is 2.39. The zero-order valence-electron chi connectivity index (χ0n) is 16.0. The standard InChI is InChI=1S/C19H23ClN4O3S2/c1-29(26,27)24-8-6-23(7-9-24)14-10-13(11-14)18(25)22-19-21-17(12-28-19)15-4-2-3-5-16(15)20/h2-5,12-14H,6-11H2,1H3,(H,21,22,25)/t13-,14+. The van der Waals surface area contributed by atoms with Gasteiger partial charge in [-0.15, -0.1) is 11.3 Å². The molecule has 2 aromatic rings. The molecule has 0 bridgehead atoms. The van der Waals surface area contributed by atoms with Crippen LogP contribution in [0.15, 0.2) is 29.6 Å². The monoisotopic (exact) mass is 454 g/mol. The van der Waals surface area contributed by atoms with E-state index in [1.54, 1.807) is 0 Å². The van der Waals surface area contributed by atoms with Crippen molar-refractivity contribution < 1.29 is 13.2 Å². The molecule has 0 spiro atoms. The zero-order valence-corrected chi connectivity index (χ0v) is 18.4. The highest BCUT2D eigenvalue weighted by atomic mass is 35.5. The molecule has 1 aliphatic heterocycles. The molecule has 1 aromatic carbocycles. The van der Waals surface area contributed by atoms with Gasteiger partial charge in [0.1, 0.15) is 0 Å². The van der Waals surface area contributed by atoms with Gasteiger partial charge in [0.25, 0.3) is 0 Å². The van der Waals surface area contributed by atoms with Crippen molar-refractivity contribution >= 4 is 44.0 Å². The molecular formula is C19H23ClN4O3S2. The highest BCUT2D eigenvalue weighted by Crippen LogP contribution is 2.35. The number of anilines is 1. The molecule has 0 atom stereocenters. The van der Waals surface area contributed by atoms with E-state index in [1.165, 1.54) is 21.9 Å². The summed E-state index contributed by atoms with van der Waals surface area (Å²) in [6.07, 6.45) is 2.85. The molecule has 1 aliphatic carbocycles. The number of nitrogens with zero attached hydrogens (tertiary/aromatic N) is 3. The first-order chi connectivity index (χ1) is 13.8. The van der Waals surface area contributed by atoms with E-state index < -0.39 is 10.0 Å². The average Bonchev–Trinajstić information content (AvgIpc) is 3.08. The molecule has 2 heterocycles. The molecule has 1 N–H and O–H groups in total. The minimum Gasteiger partial charge on any atom is -0.302 e. The predicted octanol–water partition coefficient (Wildman–Crippen LogP) is 2.76. The molecule has 1 saturated carbocycles. The van der Waals surface area contributed by atoms with Crippen molar-refractivity contribution in [3.8, 4) is 11.3 Å². The van der Waals surface area contributed by atoms with Crippen molar-refractivity contribution in [3.63, 3.8) is 0 Å². The van der Waals surface area contributed by atoms with Gasteiger partial charge in [-0.25, -0.2) is 13.4 Å². The van der Waals surface area contributed by atoms with Crippen molar-refractivity contribution in [2.75, 3.05) is 37.8 Å². The van der Waals surface area contributed by atoms with E-state index in [9.17, 15) is 13.2 Å². The molecule has 7 nitrogen and oxygen atoms in total. The molecular weight excluding hydrogens is 432 g/mol. The van der Waals surface area contributed by atoms with Gasteiger partial charge in [0.15, 0.2) is 5.13 Å². The van der Waals surface area contributed by atoms with E-state index in [-0.39, 0.29) is 11.8 Å². The van der Waals surface area contributed by atoms with Crippen LogP contribution in [-0.4, -0.2) is 67.0 Å². The number of benzene rings is 1. The van der Waals surface area contributed by atoms with Crippen LogP contribution in [0.25, 0.3) is 11.3 Å². The lowest BCUT2D eigenvalue weighted by molar-refractivity contribution is -0.124. The number of carbonyl (C=O) groups is 1. The van der Waals surface area contributed by atoms with Crippen molar-refractivity contribution in [1.82, 2.24) is 14.2 Å². The Morgan fingerprint density at radius 1 is 1.21 bits per heavy atom. The summed E-state index contributed by atoms with van der Waals surface area (Å²) >= 11 is 7.61. The van der Waals surface area contributed by atoms with Crippen molar-refractivity contribution in [1.29, 1.82) is 0 Å². The number of carbonyl (C=O) groups excluding carboxylic acids is 1. The fourth-order valence-electron chi connectivity index (χ4n) is 3.83. The fraction of sp³-hybridized carbons (Fsp3) is 0.474. The number of sulfonamides is 1. The maximum absolute atomic E-state index is 12.5. The lowest BCUT2D eigenvalue weighted by Gasteiger charge is -2.45. The van der Waals surface area contributed by atoms with Crippen LogP contribution in [0.1, 0.15) is 12.8 Å². The second kappa shape index (κ2) is 8.31. The topological polar surface area (TPSA) is 82.6 Å². The van der Waals surface area contributed by atoms with E-state index in [4.69, 9.17) is 11.6 Å².